The highest BCUT2D eigenvalue weighted by molar-refractivity contribution is 5.94. The van der Waals surface area contributed by atoms with Gasteiger partial charge < -0.3 is 14.5 Å². The molecule has 3 aliphatic rings. The third-order valence-corrected chi connectivity index (χ3v) is 5.91. The van der Waals surface area contributed by atoms with E-state index in [4.69, 9.17) is 4.74 Å². The summed E-state index contributed by atoms with van der Waals surface area (Å²) < 4.78 is 5.52. The third-order valence-electron chi connectivity index (χ3n) is 5.91. The number of nitrogens with zero attached hydrogens (tertiary/aromatic N) is 3. The molecule has 0 bridgehead atoms. The van der Waals surface area contributed by atoms with Crippen molar-refractivity contribution in [2.45, 2.75) is 32.1 Å². The van der Waals surface area contributed by atoms with Crippen LogP contribution < -0.4 is 4.74 Å². The molecule has 27 heavy (non-hydrogen) atoms. The van der Waals surface area contributed by atoms with Crippen LogP contribution in [0.15, 0.2) is 18.2 Å². The van der Waals surface area contributed by atoms with Crippen molar-refractivity contribution in [3.05, 3.63) is 29.3 Å². The van der Waals surface area contributed by atoms with Gasteiger partial charge in [-0.1, -0.05) is 12.8 Å². The van der Waals surface area contributed by atoms with Crippen molar-refractivity contribution in [2.24, 2.45) is 0 Å². The second-order valence-corrected chi connectivity index (χ2v) is 7.78. The number of carbonyl (C=O) groups is 2. The summed E-state index contributed by atoms with van der Waals surface area (Å²) in [6, 6.07) is 5.74. The Morgan fingerprint density at radius 3 is 2.37 bits per heavy atom. The highest BCUT2D eigenvalue weighted by Gasteiger charge is 2.26. The largest absolute Gasteiger partial charge is 0.493 e. The van der Waals surface area contributed by atoms with Crippen LogP contribution in [0.3, 0.4) is 0 Å². The SMILES string of the molecule is O=C(CN1CCN(C(=O)c2ccc3c(c2)CCO3)CC1)N1CCCCCC1. The van der Waals surface area contributed by atoms with Crippen LogP contribution in [0.25, 0.3) is 0 Å². The monoisotopic (exact) mass is 371 g/mol. The van der Waals surface area contributed by atoms with Crippen LogP contribution in [0.5, 0.6) is 5.75 Å². The normalized spacial score (nSPS) is 20.7. The summed E-state index contributed by atoms with van der Waals surface area (Å²) in [7, 11) is 0. The number of fused-ring (bicyclic) bond motifs is 1. The zero-order chi connectivity index (χ0) is 18.6. The van der Waals surface area contributed by atoms with Gasteiger partial charge >= 0.3 is 0 Å². The first-order chi connectivity index (χ1) is 13.2. The Labute approximate surface area is 161 Å². The fourth-order valence-electron chi connectivity index (χ4n) is 4.22. The minimum Gasteiger partial charge on any atom is -0.493 e. The van der Waals surface area contributed by atoms with Crippen LogP contribution in [-0.4, -0.2) is 78.9 Å². The van der Waals surface area contributed by atoms with Crippen molar-refractivity contribution in [1.29, 1.82) is 0 Å². The number of piperazine rings is 1. The lowest BCUT2D eigenvalue weighted by Crippen LogP contribution is -2.51. The lowest BCUT2D eigenvalue weighted by atomic mass is 10.1. The molecule has 146 valence electrons. The van der Waals surface area contributed by atoms with Crippen LogP contribution in [0.1, 0.15) is 41.6 Å². The average Bonchev–Trinajstić information content (AvgIpc) is 2.99. The van der Waals surface area contributed by atoms with E-state index in [0.29, 0.717) is 26.2 Å². The number of carbonyl (C=O) groups excluding carboxylic acids is 2. The molecule has 4 rings (SSSR count). The van der Waals surface area contributed by atoms with E-state index >= 15 is 0 Å². The smallest absolute Gasteiger partial charge is 0.253 e. The maximum Gasteiger partial charge on any atom is 0.253 e. The summed E-state index contributed by atoms with van der Waals surface area (Å²) in [6.45, 7) is 5.88. The van der Waals surface area contributed by atoms with Gasteiger partial charge in [-0.3, -0.25) is 14.5 Å². The first-order valence-corrected chi connectivity index (χ1v) is 10.3. The molecule has 2 amide bonds. The van der Waals surface area contributed by atoms with E-state index in [1.165, 1.54) is 12.8 Å². The van der Waals surface area contributed by atoms with Gasteiger partial charge in [0.25, 0.3) is 5.91 Å². The molecule has 1 aromatic rings. The number of amides is 2. The van der Waals surface area contributed by atoms with E-state index in [1.807, 2.05) is 28.0 Å². The summed E-state index contributed by atoms with van der Waals surface area (Å²) in [4.78, 5) is 31.5. The second-order valence-electron chi connectivity index (χ2n) is 7.78. The lowest BCUT2D eigenvalue weighted by molar-refractivity contribution is -0.132. The van der Waals surface area contributed by atoms with Gasteiger partial charge in [0, 0.05) is 51.3 Å². The summed E-state index contributed by atoms with van der Waals surface area (Å²) in [6.07, 6.45) is 5.60. The fourth-order valence-corrected chi connectivity index (χ4v) is 4.22. The topological polar surface area (TPSA) is 53.1 Å². The number of hydrogen-bond donors (Lipinski definition) is 0. The van der Waals surface area contributed by atoms with Gasteiger partial charge in [-0.25, -0.2) is 0 Å². The third kappa shape index (κ3) is 4.26. The van der Waals surface area contributed by atoms with Crippen LogP contribution >= 0.6 is 0 Å². The van der Waals surface area contributed by atoms with Crippen molar-refractivity contribution < 1.29 is 14.3 Å². The molecule has 2 fully saturated rings. The number of benzene rings is 1. The molecule has 0 aromatic heterocycles. The van der Waals surface area contributed by atoms with E-state index < -0.39 is 0 Å². The van der Waals surface area contributed by atoms with Gasteiger partial charge in [-0.05, 0) is 36.6 Å². The van der Waals surface area contributed by atoms with Crippen LogP contribution in [0.2, 0.25) is 0 Å². The molecule has 0 saturated carbocycles. The Hall–Kier alpha value is -2.08. The Balaban J connectivity index is 1.28. The Morgan fingerprint density at radius 1 is 0.889 bits per heavy atom. The highest BCUT2D eigenvalue weighted by atomic mass is 16.5. The summed E-state index contributed by atoms with van der Waals surface area (Å²) in [5.74, 6) is 1.24. The first kappa shape index (κ1) is 18.3. The van der Waals surface area contributed by atoms with Crippen molar-refractivity contribution in [3.63, 3.8) is 0 Å². The maximum absolute atomic E-state index is 12.8. The van der Waals surface area contributed by atoms with Gasteiger partial charge in [0.2, 0.25) is 5.91 Å². The second kappa shape index (κ2) is 8.30. The lowest BCUT2D eigenvalue weighted by Gasteiger charge is -2.35. The fraction of sp³-hybridized carbons (Fsp3) is 0.619. The average molecular weight is 371 g/mol. The van der Waals surface area contributed by atoms with Crippen molar-refractivity contribution in [2.75, 3.05) is 52.4 Å². The summed E-state index contributed by atoms with van der Waals surface area (Å²) >= 11 is 0. The Morgan fingerprint density at radius 2 is 1.63 bits per heavy atom. The standard InChI is InChI=1S/C21H29N3O3/c25-20(23-8-3-1-2-4-9-23)16-22-10-12-24(13-11-22)21(26)18-5-6-19-17(15-18)7-14-27-19/h5-6,15H,1-4,7-14,16H2. The van der Waals surface area contributed by atoms with Gasteiger partial charge in [-0.2, -0.15) is 0 Å². The van der Waals surface area contributed by atoms with E-state index in [0.717, 1.165) is 62.3 Å². The minimum absolute atomic E-state index is 0.0863. The van der Waals surface area contributed by atoms with Gasteiger partial charge in [-0.15, -0.1) is 0 Å². The molecule has 2 saturated heterocycles. The first-order valence-electron chi connectivity index (χ1n) is 10.3. The molecule has 6 heteroatoms. The molecule has 3 heterocycles. The van der Waals surface area contributed by atoms with Crippen LogP contribution in [0, 0.1) is 0 Å². The van der Waals surface area contributed by atoms with Crippen molar-refractivity contribution >= 4 is 11.8 Å². The van der Waals surface area contributed by atoms with E-state index in [2.05, 4.69) is 4.90 Å². The molecule has 0 atom stereocenters. The molecular formula is C21H29N3O3. The van der Waals surface area contributed by atoms with Crippen molar-refractivity contribution in [1.82, 2.24) is 14.7 Å². The van der Waals surface area contributed by atoms with Crippen LogP contribution in [-0.2, 0) is 11.2 Å². The molecule has 3 aliphatic heterocycles. The van der Waals surface area contributed by atoms with Gasteiger partial charge in [0.15, 0.2) is 0 Å². The van der Waals surface area contributed by atoms with E-state index in [-0.39, 0.29) is 11.8 Å². The van der Waals surface area contributed by atoms with Gasteiger partial charge in [0.05, 0.1) is 13.2 Å². The molecule has 0 radical (unpaired) electrons. The van der Waals surface area contributed by atoms with Crippen LogP contribution in [0.4, 0.5) is 0 Å². The van der Waals surface area contributed by atoms with Gasteiger partial charge in [0.1, 0.15) is 5.75 Å². The molecule has 1 aromatic carbocycles. The van der Waals surface area contributed by atoms with Crippen molar-refractivity contribution in [3.8, 4) is 5.75 Å². The molecule has 0 aliphatic carbocycles. The number of hydrogen-bond acceptors (Lipinski definition) is 4. The molecule has 0 N–H and O–H groups in total. The summed E-state index contributed by atoms with van der Waals surface area (Å²) in [5, 5.41) is 0. The predicted octanol–water partition coefficient (Wildman–Crippen LogP) is 1.78. The predicted molar refractivity (Wildman–Crippen MR) is 103 cm³/mol. The van der Waals surface area contributed by atoms with E-state index in [9.17, 15) is 9.59 Å². The number of likely N-dealkylation sites (tertiary alicyclic amines) is 1. The molecular weight excluding hydrogens is 342 g/mol. The number of rotatable bonds is 3. The zero-order valence-electron chi connectivity index (χ0n) is 16.0. The molecule has 6 nitrogen and oxygen atoms in total. The molecule has 0 spiro atoms. The Bertz CT molecular complexity index is 690. The highest BCUT2D eigenvalue weighted by Crippen LogP contribution is 2.26. The van der Waals surface area contributed by atoms with E-state index in [1.54, 1.807) is 0 Å². The number of ether oxygens (including phenoxy) is 1. The quantitative estimate of drug-likeness (QED) is 0.813. The molecule has 0 unspecified atom stereocenters. The minimum atomic E-state index is 0.0863. The summed E-state index contributed by atoms with van der Waals surface area (Å²) in [5.41, 5.74) is 1.87. The Kier molecular flexibility index (Phi) is 5.62. The maximum atomic E-state index is 12.8. The zero-order valence-corrected chi connectivity index (χ0v) is 16.0.